The molecule has 0 radical (unpaired) electrons. The Morgan fingerprint density at radius 1 is 1.14 bits per heavy atom. The zero-order valence-corrected chi connectivity index (χ0v) is 17.9. The van der Waals surface area contributed by atoms with Gasteiger partial charge in [-0.3, -0.25) is 14.4 Å². The molecule has 1 saturated heterocycles. The summed E-state index contributed by atoms with van der Waals surface area (Å²) < 4.78 is 38.7. The van der Waals surface area contributed by atoms with E-state index >= 15 is 0 Å². The first kappa shape index (κ1) is 21.5. The summed E-state index contributed by atoms with van der Waals surface area (Å²) in [4.78, 5) is 16.8. The molecule has 156 valence electrons. The summed E-state index contributed by atoms with van der Waals surface area (Å²) in [6, 6.07) is 9.38. The Balaban J connectivity index is 1.63. The van der Waals surface area contributed by atoms with E-state index in [1.807, 2.05) is 0 Å². The van der Waals surface area contributed by atoms with E-state index in [4.69, 9.17) is 11.6 Å². The van der Waals surface area contributed by atoms with Gasteiger partial charge in [0.05, 0.1) is 11.9 Å². The summed E-state index contributed by atoms with van der Waals surface area (Å²) in [5.74, 6) is -0.502. The van der Waals surface area contributed by atoms with Gasteiger partial charge in [0.25, 0.3) is 5.91 Å². The molecule has 0 spiro atoms. The van der Waals surface area contributed by atoms with E-state index in [2.05, 4.69) is 9.62 Å². The molecular formula is C20H23ClFN3O3S. The van der Waals surface area contributed by atoms with Crippen LogP contribution in [0.5, 0.6) is 0 Å². The Labute approximate surface area is 175 Å². The number of halogens is 2. The van der Waals surface area contributed by atoms with E-state index < -0.39 is 10.0 Å². The van der Waals surface area contributed by atoms with Gasteiger partial charge in [0.1, 0.15) is 5.82 Å². The van der Waals surface area contributed by atoms with Gasteiger partial charge in [-0.2, -0.15) is 0 Å². The number of benzene rings is 2. The third-order valence-electron chi connectivity index (χ3n) is 4.85. The summed E-state index contributed by atoms with van der Waals surface area (Å²) in [6.45, 7) is 4.79. The van der Waals surface area contributed by atoms with Gasteiger partial charge < -0.3 is 4.90 Å². The number of anilines is 1. The maximum Gasteiger partial charge on any atom is 0.254 e. The molecule has 2 aromatic rings. The molecule has 1 aliphatic heterocycles. The van der Waals surface area contributed by atoms with Gasteiger partial charge in [-0.1, -0.05) is 23.7 Å². The van der Waals surface area contributed by atoms with Crippen LogP contribution in [0, 0.1) is 12.7 Å². The van der Waals surface area contributed by atoms with Gasteiger partial charge in [0.15, 0.2) is 0 Å². The van der Waals surface area contributed by atoms with Crippen molar-refractivity contribution in [1.29, 1.82) is 0 Å². The van der Waals surface area contributed by atoms with Crippen molar-refractivity contribution in [3.8, 4) is 0 Å². The molecule has 2 aromatic carbocycles. The van der Waals surface area contributed by atoms with Gasteiger partial charge in [-0.25, -0.2) is 12.8 Å². The van der Waals surface area contributed by atoms with Gasteiger partial charge >= 0.3 is 0 Å². The van der Waals surface area contributed by atoms with E-state index in [0.717, 1.165) is 17.4 Å². The van der Waals surface area contributed by atoms with Crippen LogP contribution in [0.3, 0.4) is 0 Å². The quantitative estimate of drug-likeness (QED) is 0.777. The number of rotatable bonds is 5. The molecule has 6 nitrogen and oxygen atoms in total. The number of hydrogen-bond acceptors (Lipinski definition) is 4. The van der Waals surface area contributed by atoms with Crippen LogP contribution in [0.2, 0.25) is 5.02 Å². The van der Waals surface area contributed by atoms with Crippen molar-refractivity contribution < 1.29 is 17.6 Å². The first-order valence-corrected chi connectivity index (χ1v) is 11.4. The Morgan fingerprint density at radius 2 is 1.83 bits per heavy atom. The zero-order chi connectivity index (χ0) is 21.2. The molecule has 0 unspecified atom stereocenters. The summed E-state index contributed by atoms with van der Waals surface area (Å²) in [5, 5.41) is 0.397. The number of amides is 1. The van der Waals surface area contributed by atoms with Crippen LogP contribution in [-0.2, 0) is 16.6 Å². The van der Waals surface area contributed by atoms with Crippen molar-refractivity contribution in [3.05, 3.63) is 63.9 Å². The average Bonchev–Trinajstić information content (AvgIpc) is 2.65. The molecule has 1 fully saturated rings. The van der Waals surface area contributed by atoms with Crippen molar-refractivity contribution in [2.45, 2.75) is 13.5 Å². The van der Waals surface area contributed by atoms with Crippen molar-refractivity contribution in [2.24, 2.45) is 0 Å². The van der Waals surface area contributed by atoms with Crippen LogP contribution in [0.25, 0.3) is 0 Å². The second kappa shape index (κ2) is 8.69. The average molecular weight is 440 g/mol. The second-order valence-corrected chi connectivity index (χ2v) is 9.36. The minimum absolute atomic E-state index is 0.138. The van der Waals surface area contributed by atoms with E-state index in [-0.39, 0.29) is 11.7 Å². The predicted molar refractivity (Wildman–Crippen MR) is 112 cm³/mol. The molecule has 1 amide bonds. The first-order valence-electron chi connectivity index (χ1n) is 9.16. The first-order chi connectivity index (χ1) is 13.6. The maximum atomic E-state index is 13.2. The molecule has 0 aliphatic carbocycles. The topological polar surface area (TPSA) is 69.7 Å². The van der Waals surface area contributed by atoms with Crippen molar-refractivity contribution in [1.82, 2.24) is 9.80 Å². The van der Waals surface area contributed by atoms with Gasteiger partial charge in [0.2, 0.25) is 10.0 Å². The van der Waals surface area contributed by atoms with Gasteiger partial charge in [0, 0.05) is 43.3 Å². The number of nitrogens with zero attached hydrogens (tertiary/aromatic N) is 2. The number of hydrogen-bond donors (Lipinski definition) is 1. The second-order valence-electron chi connectivity index (χ2n) is 7.21. The van der Waals surface area contributed by atoms with E-state index in [1.165, 1.54) is 12.1 Å². The Kier molecular flexibility index (Phi) is 6.45. The van der Waals surface area contributed by atoms with Crippen molar-refractivity contribution >= 4 is 33.2 Å². The lowest BCUT2D eigenvalue weighted by Crippen LogP contribution is -2.48. The summed E-state index contributed by atoms with van der Waals surface area (Å²) in [7, 11) is -3.43. The van der Waals surface area contributed by atoms with Crippen LogP contribution >= 0.6 is 11.6 Å². The third kappa shape index (κ3) is 5.68. The Bertz CT molecular complexity index is 1020. The fourth-order valence-corrected chi connectivity index (χ4v) is 4.09. The molecule has 0 bridgehead atoms. The lowest BCUT2D eigenvalue weighted by molar-refractivity contribution is 0.0628. The summed E-state index contributed by atoms with van der Waals surface area (Å²) >= 11 is 6.10. The van der Waals surface area contributed by atoms with Crippen LogP contribution in [0.15, 0.2) is 36.4 Å². The molecule has 1 aliphatic rings. The van der Waals surface area contributed by atoms with Gasteiger partial charge in [-0.05, 0) is 42.3 Å². The van der Waals surface area contributed by atoms with Crippen LogP contribution in [-0.4, -0.2) is 56.6 Å². The largest absolute Gasteiger partial charge is 0.336 e. The Hall–Kier alpha value is -2.16. The lowest BCUT2D eigenvalue weighted by atomic mass is 10.1. The molecule has 1 heterocycles. The molecule has 29 heavy (non-hydrogen) atoms. The van der Waals surface area contributed by atoms with Gasteiger partial charge in [-0.15, -0.1) is 0 Å². The summed E-state index contributed by atoms with van der Waals surface area (Å²) in [5.41, 5.74) is 2.44. The number of carbonyl (C=O) groups excluding carboxylic acids is 1. The highest BCUT2D eigenvalue weighted by Crippen LogP contribution is 2.22. The van der Waals surface area contributed by atoms with E-state index in [9.17, 15) is 17.6 Å². The van der Waals surface area contributed by atoms with Crippen molar-refractivity contribution in [3.63, 3.8) is 0 Å². The van der Waals surface area contributed by atoms with Crippen LogP contribution < -0.4 is 4.72 Å². The number of nitrogens with one attached hydrogen (secondary N) is 1. The minimum atomic E-state index is -3.43. The molecule has 3 rings (SSSR count). The molecule has 0 saturated carbocycles. The van der Waals surface area contributed by atoms with Crippen molar-refractivity contribution in [2.75, 3.05) is 37.2 Å². The smallest absolute Gasteiger partial charge is 0.254 e. The van der Waals surface area contributed by atoms with E-state index in [0.29, 0.717) is 49.0 Å². The monoisotopic (exact) mass is 439 g/mol. The minimum Gasteiger partial charge on any atom is -0.336 e. The van der Waals surface area contributed by atoms with E-state index in [1.54, 1.807) is 36.1 Å². The molecular weight excluding hydrogens is 417 g/mol. The molecule has 1 N–H and O–H groups in total. The zero-order valence-electron chi connectivity index (χ0n) is 16.3. The lowest BCUT2D eigenvalue weighted by Gasteiger charge is -2.35. The number of sulfonamides is 1. The highest BCUT2D eigenvalue weighted by molar-refractivity contribution is 7.92. The number of carbonyl (C=O) groups is 1. The normalized spacial score (nSPS) is 15.4. The fourth-order valence-electron chi connectivity index (χ4n) is 3.25. The summed E-state index contributed by atoms with van der Waals surface area (Å²) in [6.07, 6.45) is 1.08. The SMILES string of the molecule is Cc1ccc(C(=O)N2CCN(Cc3ccc(F)cc3Cl)CC2)cc1NS(C)(=O)=O. The predicted octanol–water partition coefficient (Wildman–Crippen LogP) is 3.12. The fraction of sp³-hybridized carbons (Fsp3) is 0.350. The Morgan fingerprint density at radius 3 is 2.45 bits per heavy atom. The van der Waals surface area contributed by atoms with Crippen LogP contribution in [0.1, 0.15) is 21.5 Å². The molecule has 0 aromatic heterocycles. The highest BCUT2D eigenvalue weighted by Gasteiger charge is 2.23. The third-order valence-corrected chi connectivity index (χ3v) is 5.79. The number of aryl methyl sites for hydroxylation is 1. The molecule has 9 heteroatoms. The maximum absolute atomic E-state index is 13.2. The molecule has 0 atom stereocenters. The standard InChI is InChI=1S/C20H23ClFN3O3S/c1-14-3-4-15(11-19(14)23-29(2,27)28)20(26)25-9-7-24(8-10-25)13-16-5-6-17(22)12-18(16)21/h3-6,11-12,23H,7-10,13H2,1-2H3. The highest BCUT2D eigenvalue weighted by atomic mass is 35.5. The van der Waals surface area contributed by atoms with Crippen LogP contribution in [0.4, 0.5) is 10.1 Å². The number of piperazine rings is 1.